The molecule has 2 heterocycles. The van der Waals surface area contributed by atoms with Gasteiger partial charge in [0.2, 0.25) is 0 Å². The van der Waals surface area contributed by atoms with E-state index >= 15 is 0 Å². The van der Waals surface area contributed by atoms with Crippen LogP contribution in [0.4, 0.5) is 10.5 Å². The van der Waals surface area contributed by atoms with Crippen molar-refractivity contribution in [1.82, 2.24) is 9.97 Å². The monoisotopic (exact) mass is 368 g/mol. The number of fused-ring (bicyclic) bond motifs is 1. The number of nitrogens with zero attached hydrogens (tertiary/aromatic N) is 2. The molecule has 2 unspecified atom stereocenters. The smallest absolute Gasteiger partial charge is 0.433 e. The van der Waals surface area contributed by atoms with Crippen LogP contribution in [0.1, 0.15) is 37.7 Å². The third-order valence-electron chi connectivity index (χ3n) is 6.65. The number of aromatic amines is 1. The number of aliphatic imine (C=N–C) groups is 1. The minimum Gasteiger partial charge on any atom is -0.451 e. The Morgan fingerprint density at radius 3 is 2.89 bits per heavy atom. The fourth-order valence-electron chi connectivity index (χ4n) is 5.84. The molecule has 4 aliphatic rings. The van der Waals surface area contributed by atoms with E-state index in [4.69, 9.17) is 0 Å². The van der Waals surface area contributed by atoms with E-state index in [9.17, 15) is 9.90 Å². The number of nitrogens with one attached hydrogen (secondary N) is 2. The molecule has 0 spiro atoms. The molecule has 4 aliphatic carbocycles. The lowest BCUT2D eigenvalue weighted by Crippen LogP contribution is -2.59. The van der Waals surface area contributed by atoms with Crippen LogP contribution in [0.15, 0.2) is 23.5 Å². The van der Waals surface area contributed by atoms with E-state index < -0.39 is 11.7 Å². The first-order valence-electron chi connectivity index (χ1n) is 9.62. The van der Waals surface area contributed by atoms with E-state index in [1.165, 1.54) is 26.2 Å². The first-order valence-corrected chi connectivity index (χ1v) is 9.62. The lowest BCUT2D eigenvalue weighted by Gasteiger charge is -2.58. The molecule has 0 saturated heterocycles. The molecule has 142 valence electrons. The molecule has 3 N–H and O–H groups in total. The van der Waals surface area contributed by atoms with Crippen molar-refractivity contribution in [1.29, 1.82) is 0 Å². The van der Waals surface area contributed by atoms with Crippen molar-refractivity contribution in [3.63, 3.8) is 0 Å². The topological polar surface area (TPSA) is 99.6 Å². The minimum absolute atomic E-state index is 0.326. The number of amides is 1. The molecule has 7 heteroatoms. The van der Waals surface area contributed by atoms with Crippen molar-refractivity contribution >= 4 is 29.0 Å². The van der Waals surface area contributed by atoms with Gasteiger partial charge in [0.25, 0.3) is 0 Å². The average Bonchev–Trinajstić information content (AvgIpc) is 3.10. The number of carbonyl (C=O) groups excluding carboxylic acids is 1. The third kappa shape index (κ3) is 2.81. The van der Waals surface area contributed by atoms with Gasteiger partial charge >= 0.3 is 6.09 Å². The van der Waals surface area contributed by atoms with Crippen molar-refractivity contribution in [3.05, 3.63) is 24.0 Å². The quantitative estimate of drug-likeness (QED) is 0.723. The summed E-state index contributed by atoms with van der Waals surface area (Å²) >= 11 is 0. The van der Waals surface area contributed by atoms with E-state index in [0.717, 1.165) is 41.5 Å². The number of aromatic nitrogens is 2. The number of rotatable bonds is 3. The summed E-state index contributed by atoms with van der Waals surface area (Å²) in [7, 11) is 1.31. The van der Waals surface area contributed by atoms with Gasteiger partial charge in [0.05, 0.1) is 18.4 Å². The lowest BCUT2D eigenvalue weighted by molar-refractivity contribution is -0.129. The van der Waals surface area contributed by atoms with Gasteiger partial charge in [-0.05, 0) is 55.9 Å². The third-order valence-corrected chi connectivity index (χ3v) is 6.65. The molecule has 2 atom stereocenters. The minimum atomic E-state index is -0.632. The van der Waals surface area contributed by atoms with Gasteiger partial charge in [-0.1, -0.05) is 0 Å². The van der Waals surface area contributed by atoms with Crippen LogP contribution in [0, 0.1) is 17.8 Å². The molecule has 6 rings (SSSR count). The molecule has 4 bridgehead atoms. The molecule has 4 saturated carbocycles. The first kappa shape index (κ1) is 16.7. The van der Waals surface area contributed by atoms with Crippen molar-refractivity contribution in [3.8, 4) is 0 Å². The Balaban J connectivity index is 1.50. The maximum atomic E-state index is 11.4. The summed E-state index contributed by atoms with van der Waals surface area (Å²) in [5, 5.41) is 15.6. The molecule has 2 aromatic heterocycles. The van der Waals surface area contributed by atoms with Gasteiger partial charge in [0.15, 0.2) is 0 Å². The highest BCUT2D eigenvalue weighted by Crippen LogP contribution is 2.56. The van der Waals surface area contributed by atoms with E-state index in [1.54, 1.807) is 6.20 Å². The van der Waals surface area contributed by atoms with Gasteiger partial charge < -0.3 is 20.1 Å². The number of methoxy groups -OCH3 is 1. The zero-order valence-corrected chi connectivity index (χ0v) is 15.3. The Labute approximate surface area is 157 Å². The molecule has 27 heavy (non-hydrogen) atoms. The van der Waals surface area contributed by atoms with Gasteiger partial charge in [0, 0.05) is 35.6 Å². The van der Waals surface area contributed by atoms with Gasteiger partial charge in [-0.25, -0.2) is 9.78 Å². The number of carbonyl (C=O) groups is 1. The Morgan fingerprint density at radius 2 is 2.19 bits per heavy atom. The highest BCUT2D eigenvalue weighted by molar-refractivity contribution is 6.02. The maximum Gasteiger partial charge on any atom is 0.433 e. The van der Waals surface area contributed by atoms with Gasteiger partial charge in [-0.2, -0.15) is 4.99 Å². The summed E-state index contributed by atoms with van der Waals surface area (Å²) in [5.74, 6) is 1.62. The predicted molar refractivity (Wildman–Crippen MR) is 102 cm³/mol. The van der Waals surface area contributed by atoms with Crippen molar-refractivity contribution in [2.45, 2.75) is 43.7 Å². The van der Waals surface area contributed by atoms with Crippen LogP contribution in [-0.2, 0) is 4.74 Å². The van der Waals surface area contributed by atoms with Crippen LogP contribution in [0.25, 0.3) is 11.0 Å². The number of aliphatic hydroxyl groups is 1. The molecular formula is C20H24N4O3. The molecule has 1 amide bonds. The van der Waals surface area contributed by atoms with Crippen molar-refractivity contribution < 1.29 is 14.6 Å². The summed E-state index contributed by atoms with van der Waals surface area (Å²) < 4.78 is 4.61. The van der Waals surface area contributed by atoms with E-state index in [2.05, 4.69) is 25.0 Å². The van der Waals surface area contributed by atoms with Gasteiger partial charge in [0.1, 0.15) is 5.65 Å². The SMILES string of the molecule is COC(=O)/N=C/c1cnc2[nH]ccc2c1NC1C2CC3CC1CC(O)(C3)C2. The van der Waals surface area contributed by atoms with E-state index in [1.807, 2.05) is 12.3 Å². The Kier molecular flexibility index (Phi) is 3.75. The number of hydrogen-bond donors (Lipinski definition) is 3. The average molecular weight is 368 g/mol. The normalized spacial score (nSPS) is 34.4. The van der Waals surface area contributed by atoms with Gasteiger partial charge in [-0.3, -0.25) is 0 Å². The van der Waals surface area contributed by atoms with Crippen molar-refractivity contribution in [2.24, 2.45) is 22.7 Å². The highest BCUT2D eigenvalue weighted by atomic mass is 16.5. The van der Waals surface area contributed by atoms with Crippen LogP contribution in [0.5, 0.6) is 0 Å². The molecule has 0 aliphatic heterocycles. The lowest BCUT2D eigenvalue weighted by atomic mass is 9.52. The molecular weight excluding hydrogens is 344 g/mol. The predicted octanol–water partition coefficient (Wildman–Crippen LogP) is 3.10. The first-order chi connectivity index (χ1) is 13.0. The summed E-state index contributed by atoms with van der Waals surface area (Å²) in [6, 6.07) is 2.32. The summed E-state index contributed by atoms with van der Waals surface area (Å²) in [5.41, 5.74) is 2.06. The number of ether oxygens (including phenoxy) is 1. The second kappa shape index (κ2) is 6.05. The number of pyridine rings is 1. The van der Waals surface area contributed by atoms with Crippen LogP contribution in [0.3, 0.4) is 0 Å². The largest absolute Gasteiger partial charge is 0.451 e. The molecule has 0 radical (unpaired) electrons. The van der Waals surface area contributed by atoms with Crippen molar-refractivity contribution in [2.75, 3.05) is 12.4 Å². The van der Waals surface area contributed by atoms with Crippen LogP contribution >= 0.6 is 0 Å². The Hall–Kier alpha value is -2.41. The fourth-order valence-corrected chi connectivity index (χ4v) is 5.84. The zero-order chi connectivity index (χ0) is 18.6. The summed E-state index contributed by atoms with van der Waals surface area (Å²) in [6.07, 6.45) is 9.56. The second-order valence-corrected chi connectivity index (χ2v) is 8.42. The second-order valence-electron chi connectivity index (χ2n) is 8.42. The number of H-pyrrole nitrogens is 1. The van der Waals surface area contributed by atoms with Gasteiger partial charge in [-0.15, -0.1) is 0 Å². The van der Waals surface area contributed by atoms with Crippen LogP contribution < -0.4 is 5.32 Å². The highest BCUT2D eigenvalue weighted by Gasteiger charge is 2.54. The molecule has 7 nitrogen and oxygen atoms in total. The van der Waals surface area contributed by atoms with Crippen LogP contribution in [-0.4, -0.2) is 46.1 Å². The maximum absolute atomic E-state index is 11.4. The number of anilines is 1. The van der Waals surface area contributed by atoms with E-state index in [0.29, 0.717) is 23.8 Å². The Morgan fingerprint density at radius 1 is 1.41 bits per heavy atom. The van der Waals surface area contributed by atoms with E-state index in [-0.39, 0.29) is 0 Å². The molecule has 2 aromatic rings. The molecule has 0 aromatic carbocycles. The standard InChI is InChI=1S/C20H24N4O3/c1-27-19(25)23-10-14-9-22-18-15(2-3-21-18)17(14)24-16-12-4-11-5-13(16)8-20(26,6-11)7-12/h2-3,9-13,16,26H,4-8H2,1H3,(H2,21,22,24)/b23-10+. The Bertz CT molecular complexity index is 905. The fraction of sp³-hybridized carbons (Fsp3) is 0.550. The summed E-state index contributed by atoms with van der Waals surface area (Å²) in [4.78, 5) is 22.9. The zero-order valence-electron chi connectivity index (χ0n) is 15.3. The molecule has 4 fully saturated rings. The van der Waals surface area contributed by atoms with Crippen LogP contribution in [0.2, 0.25) is 0 Å². The summed E-state index contributed by atoms with van der Waals surface area (Å²) in [6.45, 7) is 0. The number of hydrogen-bond acceptors (Lipinski definition) is 5.